The smallest absolute Gasteiger partial charge is 0.303 e. The molecule has 0 bridgehead atoms. The third-order valence-corrected chi connectivity index (χ3v) is 6.58. The lowest BCUT2D eigenvalue weighted by Gasteiger charge is -2.18. The molecular formula is C13H11Cl5O5S. The molecule has 1 aromatic carbocycles. The molecule has 1 aromatic rings. The van der Waals surface area contributed by atoms with Crippen molar-refractivity contribution in [2.75, 3.05) is 12.4 Å². The molecule has 5 nitrogen and oxygen atoms in total. The first kappa shape index (κ1) is 21.8. The fourth-order valence-electron chi connectivity index (χ4n) is 1.60. The molecule has 2 unspecified atom stereocenters. The van der Waals surface area contributed by atoms with Gasteiger partial charge in [-0.15, -0.1) is 0 Å². The van der Waals surface area contributed by atoms with Gasteiger partial charge in [-0.2, -0.15) is 0 Å². The Morgan fingerprint density at radius 1 is 0.917 bits per heavy atom. The predicted molar refractivity (Wildman–Crippen MR) is 95.0 cm³/mol. The maximum atomic E-state index is 12.6. The molecule has 2 atom stereocenters. The molecule has 0 aliphatic heterocycles. The van der Waals surface area contributed by atoms with Crippen LogP contribution in [0.4, 0.5) is 0 Å². The van der Waals surface area contributed by atoms with E-state index in [9.17, 15) is 13.8 Å². The monoisotopic (exact) mass is 454 g/mol. The molecule has 0 aromatic heterocycles. The molecule has 0 saturated carbocycles. The van der Waals surface area contributed by atoms with Crippen LogP contribution in [-0.4, -0.2) is 34.6 Å². The number of ether oxygens (including phenoxy) is 2. The second-order valence-electron chi connectivity index (χ2n) is 4.45. The van der Waals surface area contributed by atoms with Gasteiger partial charge >= 0.3 is 11.9 Å². The van der Waals surface area contributed by atoms with Crippen molar-refractivity contribution in [3.8, 4) is 0 Å². The fraction of sp³-hybridized carbons (Fsp3) is 0.385. The molecule has 1 rings (SSSR count). The first-order chi connectivity index (χ1) is 11.1. The van der Waals surface area contributed by atoms with Gasteiger partial charge in [0.15, 0.2) is 0 Å². The minimum atomic E-state index is -1.86. The highest BCUT2D eigenvalue weighted by Gasteiger charge is 2.26. The first-order valence-corrected chi connectivity index (χ1v) is 9.47. The van der Waals surface area contributed by atoms with Gasteiger partial charge in [-0.3, -0.25) is 13.8 Å². The number of hydrogen-bond acceptors (Lipinski definition) is 5. The molecule has 0 fully saturated rings. The van der Waals surface area contributed by atoms with Crippen molar-refractivity contribution < 1.29 is 23.3 Å². The second kappa shape index (κ2) is 9.46. The summed E-state index contributed by atoms with van der Waals surface area (Å²) in [4.78, 5) is 22.0. The maximum Gasteiger partial charge on any atom is 0.303 e. The lowest BCUT2D eigenvalue weighted by molar-refractivity contribution is -0.154. The average molecular weight is 457 g/mol. The number of halogens is 5. The summed E-state index contributed by atoms with van der Waals surface area (Å²) in [5.41, 5.74) is 0. The Kier molecular flexibility index (Phi) is 8.59. The molecule has 11 heteroatoms. The van der Waals surface area contributed by atoms with Gasteiger partial charge in [-0.05, 0) is 0 Å². The summed E-state index contributed by atoms with van der Waals surface area (Å²) >= 11 is 29.8. The van der Waals surface area contributed by atoms with E-state index in [-0.39, 0.29) is 42.4 Å². The topological polar surface area (TPSA) is 69.7 Å². The van der Waals surface area contributed by atoms with Crippen LogP contribution in [0, 0.1) is 0 Å². The summed E-state index contributed by atoms with van der Waals surface area (Å²) in [5, 5.41) is -0.502. The zero-order valence-electron chi connectivity index (χ0n) is 12.3. The van der Waals surface area contributed by atoms with Gasteiger partial charge in [0, 0.05) is 13.8 Å². The van der Waals surface area contributed by atoms with Gasteiger partial charge < -0.3 is 9.47 Å². The highest BCUT2D eigenvalue weighted by molar-refractivity contribution is 7.85. The van der Waals surface area contributed by atoms with Crippen LogP contribution < -0.4 is 0 Å². The number of carbonyl (C=O) groups is 2. The van der Waals surface area contributed by atoms with Gasteiger partial charge in [0.05, 0.1) is 46.6 Å². The summed E-state index contributed by atoms with van der Waals surface area (Å²) in [5.74, 6) is -1.44. The number of carbonyl (C=O) groups excluding carboxylic acids is 2. The van der Waals surface area contributed by atoms with Gasteiger partial charge in [-0.25, -0.2) is 0 Å². The number of hydrogen-bond donors (Lipinski definition) is 0. The molecule has 0 amide bonds. The Bertz CT molecular complexity index is 665. The van der Waals surface area contributed by atoms with E-state index in [0.717, 1.165) is 0 Å². The quantitative estimate of drug-likeness (QED) is 0.357. The van der Waals surface area contributed by atoms with E-state index >= 15 is 0 Å². The van der Waals surface area contributed by atoms with Gasteiger partial charge in [0.2, 0.25) is 0 Å². The highest BCUT2D eigenvalue weighted by atomic mass is 35.5. The van der Waals surface area contributed by atoms with Crippen molar-refractivity contribution in [2.24, 2.45) is 0 Å². The van der Waals surface area contributed by atoms with Crippen LogP contribution in [0.2, 0.25) is 25.1 Å². The van der Waals surface area contributed by atoms with Crippen molar-refractivity contribution in [3.63, 3.8) is 0 Å². The number of rotatable bonds is 6. The summed E-state index contributed by atoms with van der Waals surface area (Å²) in [6.07, 6.45) is -0.965. The van der Waals surface area contributed by atoms with E-state index in [1.54, 1.807) is 0 Å². The Hall–Kier alpha value is -0.240. The SMILES string of the molecule is CC(=O)OCC(CS(=O)c1c(Cl)c(Cl)c(Cl)c(Cl)c1Cl)OC(C)=O. The van der Waals surface area contributed by atoms with E-state index in [4.69, 9.17) is 67.5 Å². The Morgan fingerprint density at radius 3 is 1.79 bits per heavy atom. The molecule has 0 heterocycles. The molecule has 134 valence electrons. The summed E-state index contributed by atoms with van der Waals surface area (Å²) in [6.45, 7) is 2.08. The summed E-state index contributed by atoms with van der Waals surface area (Å²) in [6, 6.07) is 0. The Labute approximate surface area is 165 Å². The lowest BCUT2D eigenvalue weighted by Crippen LogP contribution is -2.29. The largest absolute Gasteiger partial charge is 0.462 e. The molecular weight excluding hydrogens is 445 g/mol. The average Bonchev–Trinajstić information content (AvgIpc) is 2.48. The number of benzene rings is 1. The zero-order valence-corrected chi connectivity index (χ0v) is 16.9. The summed E-state index contributed by atoms with van der Waals surface area (Å²) < 4.78 is 22.3. The van der Waals surface area contributed by atoms with E-state index in [1.165, 1.54) is 13.8 Å². The third kappa shape index (κ3) is 5.64. The minimum absolute atomic E-state index is 0.0438. The predicted octanol–water partition coefficient (Wildman–Crippen LogP) is 4.56. The van der Waals surface area contributed by atoms with Crippen molar-refractivity contribution in [1.29, 1.82) is 0 Å². The fourth-order valence-corrected chi connectivity index (χ4v) is 4.64. The van der Waals surface area contributed by atoms with Crippen LogP contribution in [0.1, 0.15) is 13.8 Å². The number of esters is 2. The summed E-state index contributed by atoms with van der Waals surface area (Å²) in [7, 11) is -1.86. The molecule has 0 spiro atoms. The molecule has 0 aliphatic carbocycles. The van der Waals surface area contributed by atoms with Gasteiger partial charge in [0.1, 0.15) is 12.7 Å². The highest BCUT2D eigenvalue weighted by Crippen LogP contribution is 2.45. The van der Waals surface area contributed by atoms with Crippen LogP contribution >= 0.6 is 58.0 Å². The van der Waals surface area contributed by atoms with E-state index in [2.05, 4.69) is 0 Å². The van der Waals surface area contributed by atoms with E-state index in [0.29, 0.717) is 0 Å². The van der Waals surface area contributed by atoms with Gasteiger partial charge in [0.25, 0.3) is 0 Å². The Morgan fingerprint density at radius 2 is 1.38 bits per heavy atom. The van der Waals surface area contributed by atoms with E-state index in [1.807, 2.05) is 0 Å². The molecule has 0 aliphatic rings. The molecule has 24 heavy (non-hydrogen) atoms. The van der Waals surface area contributed by atoms with Crippen molar-refractivity contribution >= 4 is 80.7 Å². The Balaban J connectivity index is 3.11. The zero-order chi connectivity index (χ0) is 18.6. The van der Waals surface area contributed by atoms with E-state index < -0.39 is 28.8 Å². The second-order valence-corrected chi connectivity index (χ2v) is 7.77. The van der Waals surface area contributed by atoms with Crippen molar-refractivity contribution in [1.82, 2.24) is 0 Å². The first-order valence-electron chi connectivity index (χ1n) is 6.26. The normalized spacial score (nSPS) is 13.3. The van der Waals surface area contributed by atoms with Crippen LogP contribution in [0.25, 0.3) is 0 Å². The van der Waals surface area contributed by atoms with Gasteiger partial charge in [-0.1, -0.05) is 58.0 Å². The molecule has 0 radical (unpaired) electrons. The van der Waals surface area contributed by atoms with Crippen LogP contribution in [-0.2, 0) is 29.9 Å². The van der Waals surface area contributed by atoms with Crippen LogP contribution in [0.15, 0.2) is 4.90 Å². The van der Waals surface area contributed by atoms with Crippen LogP contribution in [0.3, 0.4) is 0 Å². The molecule has 0 saturated heterocycles. The minimum Gasteiger partial charge on any atom is -0.462 e. The van der Waals surface area contributed by atoms with Crippen LogP contribution in [0.5, 0.6) is 0 Å². The third-order valence-electron chi connectivity index (χ3n) is 2.54. The maximum absolute atomic E-state index is 12.6. The van der Waals surface area contributed by atoms with Crippen molar-refractivity contribution in [2.45, 2.75) is 24.8 Å². The standard InChI is InChI=1S/C13H11Cl5O5S/c1-5(19)22-3-7(23-6(2)20)4-24(21)13-11(17)9(15)8(14)10(16)12(13)18/h7H,3-4H2,1-2H3. The lowest BCUT2D eigenvalue weighted by atomic mass is 10.3. The van der Waals surface area contributed by atoms with Crippen molar-refractivity contribution in [3.05, 3.63) is 25.1 Å². The molecule has 0 N–H and O–H groups in total.